The number of amides is 2. The molecule has 80 heavy (non-hydrogen) atoms. The van der Waals surface area contributed by atoms with Gasteiger partial charge in [-0.3, -0.25) is 19.2 Å². The fraction of sp³-hybridized carbons (Fsp3) is 0.367. The number of nitrogens with zero attached hydrogens (tertiary/aromatic N) is 4. The van der Waals surface area contributed by atoms with Crippen molar-refractivity contribution in [2.45, 2.75) is 78.4 Å². The predicted molar refractivity (Wildman–Crippen MR) is 294 cm³/mol. The maximum Gasteiger partial charge on any atom is 0.494 e. The van der Waals surface area contributed by atoms with Gasteiger partial charge in [0.25, 0.3) is 11.8 Å². The second-order valence-electron chi connectivity index (χ2n) is 22.2. The first-order valence-electron chi connectivity index (χ1n) is 26.3. The van der Waals surface area contributed by atoms with Crippen molar-refractivity contribution < 1.29 is 66.4 Å². The molecular formula is C60H62BClF2N4O12. The van der Waals surface area contributed by atoms with E-state index in [4.69, 9.17) is 39.9 Å². The normalized spacial score (nSPS) is 18.7. The zero-order valence-electron chi connectivity index (χ0n) is 45.7. The lowest BCUT2D eigenvalue weighted by atomic mass is 9.70. The summed E-state index contributed by atoms with van der Waals surface area (Å²) in [5.41, 5.74) is 2.52. The lowest BCUT2D eigenvalue weighted by Crippen LogP contribution is -2.41. The number of carboxylic acid groups (broad SMARTS) is 2. The van der Waals surface area contributed by atoms with Crippen LogP contribution < -0.4 is 14.9 Å². The van der Waals surface area contributed by atoms with Crippen molar-refractivity contribution in [3.8, 4) is 34.5 Å². The fourth-order valence-electron chi connectivity index (χ4n) is 10.1. The van der Waals surface area contributed by atoms with E-state index in [0.717, 1.165) is 11.0 Å². The number of carbonyl (C=O) groups excluding carboxylic acids is 2. The number of pyridine rings is 2. The molecule has 7 heterocycles. The van der Waals surface area contributed by atoms with Gasteiger partial charge in [0.2, 0.25) is 11.8 Å². The highest BCUT2D eigenvalue weighted by Gasteiger charge is 2.52. The third kappa shape index (κ3) is 11.4. The number of aromatic nitrogens is 2. The van der Waals surface area contributed by atoms with Crippen LogP contribution in [0.25, 0.3) is 11.3 Å². The molecule has 0 saturated carbocycles. The van der Waals surface area contributed by atoms with Crippen molar-refractivity contribution in [2.75, 3.05) is 52.6 Å². The highest BCUT2D eigenvalue weighted by molar-refractivity contribution is 6.62. The van der Waals surface area contributed by atoms with Crippen LogP contribution >= 0.6 is 11.6 Å². The van der Waals surface area contributed by atoms with Crippen LogP contribution in [0.15, 0.2) is 109 Å². The SMILES string of the molecule is CC(C)(C(=O)O)[C@@H]1c2ccc(-c3ccc(C(=O)N4CCOCC4)cc3)nc2Oc2c(F)cccc21.CC(C)(C(=O)O)[C@@H]1c2ccc(Cl)nc2Oc2c(F)cccc21.CC1(C)OB(c2ccc(C(=O)N3CCOCC3)cc2)OC1(C)C. The first kappa shape index (κ1) is 57.4. The van der Waals surface area contributed by atoms with Gasteiger partial charge in [0, 0.05) is 77.0 Å². The van der Waals surface area contributed by atoms with Crippen LogP contribution in [0.4, 0.5) is 8.78 Å². The molecule has 3 saturated heterocycles. The Morgan fingerprint density at radius 1 is 0.575 bits per heavy atom. The summed E-state index contributed by atoms with van der Waals surface area (Å²) >= 11 is 5.87. The van der Waals surface area contributed by atoms with Gasteiger partial charge >= 0.3 is 19.1 Å². The average Bonchev–Trinajstić information content (AvgIpc) is 3.76. The summed E-state index contributed by atoms with van der Waals surface area (Å²) in [6.07, 6.45) is 0. The molecule has 0 unspecified atom stereocenters. The van der Waals surface area contributed by atoms with Crippen molar-refractivity contribution in [2.24, 2.45) is 10.8 Å². The van der Waals surface area contributed by atoms with E-state index in [2.05, 4.69) is 9.97 Å². The zero-order valence-corrected chi connectivity index (χ0v) is 46.4. The topological polar surface area (TPSA) is 196 Å². The smallest absolute Gasteiger partial charge is 0.481 e. The van der Waals surface area contributed by atoms with E-state index in [1.807, 2.05) is 56.9 Å². The maximum absolute atomic E-state index is 14.7. The average molecular weight is 1120 g/mol. The fourth-order valence-corrected chi connectivity index (χ4v) is 10.3. The van der Waals surface area contributed by atoms with E-state index < -0.39 is 53.4 Å². The van der Waals surface area contributed by atoms with Gasteiger partial charge in [-0.25, -0.2) is 18.7 Å². The molecule has 11 rings (SSSR count). The molecule has 418 valence electrons. The Balaban J connectivity index is 0.000000151. The van der Waals surface area contributed by atoms with Crippen LogP contribution in [0.5, 0.6) is 23.3 Å². The van der Waals surface area contributed by atoms with E-state index in [9.17, 15) is 38.2 Å². The molecule has 4 aromatic carbocycles. The van der Waals surface area contributed by atoms with E-state index in [1.54, 1.807) is 99.3 Å². The molecule has 5 aliphatic rings. The number of aliphatic carboxylic acids is 2. The number of carboxylic acids is 2. The Kier molecular flexibility index (Phi) is 16.3. The van der Waals surface area contributed by atoms with Crippen molar-refractivity contribution in [3.63, 3.8) is 0 Å². The second-order valence-corrected chi connectivity index (χ2v) is 22.5. The maximum atomic E-state index is 14.7. The summed E-state index contributed by atoms with van der Waals surface area (Å²) in [5, 5.41) is 19.7. The van der Waals surface area contributed by atoms with E-state index in [-0.39, 0.29) is 51.4 Å². The number of carbonyl (C=O) groups is 4. The van der Waals surface area contributed by atoms with Crippen molar-refractivity contribution in [1.29, 1.82) is 0 Å². The largest absolute Gasteiger partial charge is 0.494 e. The van der Waals surface area contributed by atoms with Crippen LogP contribution in [0.1, 0.15) is 110 Å². The Bertz CT molecular complexity index is 3310. The number of ether oxygens (including phenoxy) is 4. The Morgan fingerprint density at radius 2 is 0.988 bits per heavy atom. The Labute approximate surface area is 468 Å². The first-order chi connectivity index (χ1) is 37.9. The molecule has 2 N–H and O–H groups in total. The van der Waals surface area contributed by atoms with E-state index in [0.29, 0.717) is 91.7 Å². The van der Waals surface area contributed by atoms with E-state index >= 15 is 0 Å². The van der Waals surface area contributed by atoms with Crippen molar-refractivity contribution in [3.05, 3.63) is 159 Å². The van der Waals surface area contributed by atoms with Gasteiger partial charge in [-0.2, -0.15) is 0 Å². The summed E-state index contributed by atoms with van der Waals surface area (Å²) < 4.78 is 62.8. The van der Waals surface area contributed by atoms with Crippen molar-refractivity contribution >= 4 is 47.9 Å². The van der Waals surface area contributed by atoms with E-state index in [1.165, 1.54) is 18.2 Å². The molecule has 2 atom stereocenters. The molecule has 6 aromatic rings. The second kappa shape index (κ2) is 22.7. The summed E-state index contributed by atoms with van der Waals surface area (Å²) in [6.45, 7) is 19.3. The number of fused-ring (bicyclic) bond motifs is 4. The van der Waals surface area contributed by atoms with Crippen LogP contribution in [0.3, 0.4) is 0 Å². The van der Waals surface area contributed by atoms with Gasteiger partial charge in [0.15, 0.2) is 23.1 Å². The quantitative estimate of drug-likeness (QED) is 0.108. The molecule has 0 spiro atoms. The number of benzene rings is 4. The number of morpholine rings is 2. The third-order valence-electron chi connectivity index (χ3n) is 15.6. The molecule has 2 amide bonds. The molecule has 0 aliphatic carbocycles. The minimum atomic E-state index is -1.23. The molecule has 0 bridgehead atoms. The third-order valence-corrected chi connectivity index (χ3v) is 15.8. The van der Waals surface area contributed by atoms with Gasteiger partial charge in [-0.15, -0.1) is 0 Å². The summed E-state index contributed by atoms with van der Waals surface area (Å²) in [6, 6.07) is 30.4. The van der Waals surface area contributed by atoms with Gasteiger partial charge in [-0.1, -0.05) is 66.2 Å². The summed E-state index contributed by atoms with van der Waals surface area (Å²) in [5.74, 6) is -4.05. The lowest BCUT2D eigenvalue weighted by molar-refractivity contribution is -0.148. The van der Waals surface area contributed by atoms with Crippen molar-refractivity contribution in [1.82, 2.24) is 19.8 Å². The number of rotatable bonds is 8. The van der Waals surface area contributed by atoms with Gasteiger partial charge < -0.3 is 48.3 Å². The molecule has 5 aliphatic heterocycles. The highest BCUT2D eigenvalue weighted by Crippen LogP contribution is 2.54. The standard InChI is InChI=1S/C27H25FN2O5.C17H24BNO4.C16H13ClFNO3/c1-27(2,26(32)33)22-18-4-3-5-20(28)23(18)35-24-19(22)10-11-21(29-24)16-6-8-17(9-7-16)25(31)30-12-14-34-15-13-30;1-16(2)17(3,4)23-18(22-16)14-7-5-13(6-8-14)15(20)19-9-11-21-12-10-19;1-16(2,15(20)21)12-8-4-3-5-10(18)13(8)22-14-9(12)6-7-11(17)19-14/h3-11,22H,12-15H2,1-2H3,(H,32,33);5-8H,9-12H2,1-4H3;3-7,12H,1-2H3,(H,20,21)/t22-;;12-/m0.0/s1. The minimum Gasteiger partial charge on any atom is -0.481 e. The summed E-state index contributed by atoms with van der Waals surface area (Å²) in [4.78, 5) is 61.3. The molecule has 3 fully saturated rings. The van der Waals surface area contributed by atoms with Crippen LogP contribution in [-0.2, 0) is 28.4 Å². The monoisotopic (exact) mass is 1110 g/mol. The Morgan fingerprint density at radius 3 is 1.43 bits per heavy atom. The van der Waals surface area contributed by atoms with Gasteiger partial charge in [0.1, 0.15) is 5.15 Å². The molecule has 20 heteroatoms. The van der Waals surface area contributed by atoms with Crippen LogP contribution in [0.2, 0.25) is 5.15 Å². The number of para-hydroxylation sites is 2. The highest BCUT2D eigenvalue weighted by atomic mass is 35.5. The van der Waals surface area contributed by atoms with Gasteiger partial charge in [0.05, 0.1) is 54.2 Å². The zero-order chi connectivity index (χ0) is 57.5. The number of hydrogen-bond acceptors (Lipinski definition) is 12. The number of hydrogen-bond donors (Lipinski definition) is 2. The Hall–Kier alpha value is -7.29. The lowest BCUT2D eigenvalue weighted by Gasteiger charge is -2.36. The predicted octanol–water partition coefficient (Wildman–Crippen LogP) is 10.4. The van der Waals surface area contributed by atoms with Crippen LogP contribution in [-0.4, -0.2) is 125 Å². The van der Waals surface area contributed by atoms with Gasteiger partial charge in [-0.05, 0) is 115 Å². The van der Waals surface area contributed by atoms with Crippen LogP contribution in [0, 0.1) is 22.5 Å². The summed E-state index contributed by atoms with van der Waals surface area (Å²) in [7, 11) is -0.396. The first-order valence-corrected chi connectivity index (χ1v) is 26.6. The molecule has 2 aromatic heterocycles. The molecule has 0 radical (unpaired) electrons. The molecule has 16 nitrogen and oxygen atoms in total. The molecular weight excluding hydrogens is 1050 g/mol. The number of halogens is 3. The minimum absolute atomic E-state index is 0.00379.